The van der Waals surface area contributed by atoms with Crippen LogP contribution in [0.2, 0.25) is 0 Å². The number of carboxylic acid groups (broad SMARTS) is 1. The molecule has 0 aliphatic carbocycles. The molecule has 0 radical (unpaired) electrons. The fourth-order valence-corrected chi connectivity index (χ4v) is 2.35. The highest BCUT2D eigenvalue weighted by molar-refractivity contribution is 7.15. The van der Waals surface area contributed by atoms with E-state index in [4.69, 9.17) is 5.11 Å². The van der Waals surface area contributed by atoms with Gasteiger partial charge in [-0.05, 0) is 23.1 Å². The monoisotopic (exact) mass is 247 g/mol. The summed E-state index contributed by atoms with van der Waals surface area (Å²) in [7, 11) is 0. The van der Waals surface area contributed by atoms with Crippen molar-refractivity contribution < 1.29 is 14.7 Å². The lowest BCUT2D eigenvalue weighted by molar-refractivity contribution is -0.105. The van der Waals surface area contributed by atoms with Crippen molar-refractivity contribution in [2.75, 3.05) is 5.32 Å². The lowest BCUT2D eigenvalue weighted by Crippen LogP contribution is -2.00. The van der Waals surface area contributed by atoms with Crippen LogP contribution in [-0.2, 0) is 4.79 Å². The van der Waals surface area contributed by atoms with E-state index in [2.05, 4.69) is 5.32 Å². The summed E-state index contributed by atoms with van der Waals surface area (Å²) < 4.78 is 0. The minimum atomic E-state index is -0.983. The quantitative estimate of drug-likeness (QED) is 0.816. The maximum atomic E-state index is 11.1. The molecule has 2 N–H and O–H groups in total. The first kappa shape index (κ1) is 11.3. The summed E-state index contributed by atoms with van der Waals surface area (Å²) in [5, 5.41) is 14.1. The Morgan fingerprint density at radius 1 is 1.24 bits per heavy atom. The topological polar surface area (TPSA) is 66.4 Å². The summed E-state index contributed by atoms with van der Waals surface area (Å²) in [4.78, 5) is 21.6. The van der Waals surface area contributed by atoms with E-state index in [0.717, 1.165) is 5.56 Å². The minimum absolute atomic E-state index is 0.222. The summed E-state index contributed by atoms with van der Waals surface area (Å²) in [5.41, 5.74) is 1.55. The van der Waals surface area contributed by atoms with Crippen LogP contribution in [0.15, 0.2) is 35.7 Å². The highest BCUT2D eigenvalue weighted by atomic mass is 32.1. The van der Waals surface area contributed by atoms with E-state index in [1.807, 2.05) is 0 Å². The number of rotatable bonds is 4. The Morgan fingerprint density at radius 2 is 2.00 bits per heavy atom. The summed E-state index contributed by atoms with van der Waals surface area (Å²) >= 11 is 1.35. The molecule has 0 saturated heterocycles. The van der Waals surface area contributed by atoms with Crippen LogP contribution in [0.3, 0.4) is 0 Å². The zero-order valence-electron chi connectivity index (χ0n) is 8.71. The number of carboxylic acids is 1. The molecule has 1 aromatic heterocycles. The van der Waals surface area contributed by atoms with Gasteiger partial charge in [0.05, 0.1) is 5.56 Å². The van der Waals surface area contributed by atoms with Gasteiger partial charge >= 0.3 is 5.97 Å². The predicted molar refractivity (Wildman–Crippen MR) is 66.4 cm³/mol. The third-order valence-electron chi connectivity index (χ3n) is 2.30. The lowest BCUT2D eigenvalue weighted by Gasteiger charge is -2.06. The van der Waals surface area contributed by atoms with E-state index >= 15 is 0 Å². The van der Waals surface area contributed by atoms with Crippen molar-refractivity contribution in [1.29, 1.82) is 0 Å². The van der Waals surface area contributed by atoms with E-state index in [0.29, 0.717) is 17.0 Å². The molecule has 5 heteroatoms. The third kappa shape index (κ3) is 2.19. The first-order valence-electron chi connectivity index (χ1n) is 4.84. The zero-order valence-corrected chi connectivity index (χ0v) is 9.53. The van der Waals surface area contributed by atoms with E-state index in [-0.39, 0.29) is 5.56 Å². The van der Waals surface area contributed by atoms with E-state index in [9.17, 15) is 9.59 Å². The molecule has 0 aliphatic heterocycles. The number of hydrogen-bond donors (Lipinski definition) is 2. The molecule has 0 bridgehead atoms. The van der Waals surface area contributed by atoms with E-state index < -0.39 is 5.97 Å². The second-order valence-electron chi connectivity index (χ2n) is 3.28. The zero-order chi connectivity index (χ0) is 12.3. The van der Waals surface area contributed by atoms with Crippen LogP contribution in [-0.4, -0.2) is 17.5 Å². The number of carbonyl (C=O) groups is 2. The number of nitrogens with one attached hydrogen (secondary N) is 1. The van der Waals surface area contributed by atoms with Crippen LogP contribution < -0.4 is 5.32 Å². The maximum Gasteiger partial charge on any atom is 0.336 e. The molecule has 0 spiro atoms. The Hall–Kier alpha value is -2.14. The first-order chi connectivity index (χ1) is 8.24. The molecule has 1 amide bonds. The Balaban J connectivity index is 2.56. The fourth-order valence-electron chi connectivity index (χ4n) is 1.59. The summed E-state index contributed by atoms with van der Waals surface area (Å²) in [5.74, 6) is -0.983. The van der Waals surface area contributed by atoms with Crippen molar-refractivity contribution in [2.24, 2.45) is 0 Å². The van der Waals surface area contributed by atoms with E-state index in [1.54, 1.807) is 35.7 Å². The molecule has 86 valence electrons. The summed E-state index contributed by atoms with van der Waals surface area (Å²) in [6.07, 6.45) is 0.582. The Kier molecular flexibility index (Phi) is 3.20. The average molecular weight is 247 g/mol. The van der Waals surface area contributed by atoms with E-state index in [1.165, 1.54) is 11.3 Å². The normalized spacial score (nSPS) is 9.88. The van der Waals surface area contributed by atoms with Crippen LogP contribution in [0.5, 0.6) is 0 Å². The number of carbonyl (C=O) groups excluding carboxylic acids is 1. The van der Waals surface area contributed by atoms with Crippen molar-refractivity contribution in [3.8, 4) is 11.1 Å². The maximum absolute atomic E-state index is 11.1. The molecular formula is C12H9NO3S. The molecule has 17 heavy (non-hydrogen) atoms. The number of thiophene rings is 1. The van der Waals surface area contributed by atoms with Crippen molar-refractivity contribution in [2.45, 2.75) is 0 Å². The predicted octanol–water partition coefficient (Wildman–Crippen LogP) is 2.68. The number of amides is 1. The second-order valence-corrected chi connectivity index (χ2v) is 4.19. The standard InChI is InChI=1S/C12H9NO3S/c14-7-13-11-9(5-6-17-11)8-3-1-2-4-10(8)12(15)16/h1-7H,(H,13,14)(H,15,16). The van der Waals surface area contributed by atoms with Gasteiger partial charge in [0.25, 0.3) is 0 Å². The molecule has 1 heterocycles. The Morgan fingerprint density at radius 3 is 2.71 bits per heavy atom. The third-order valence-corrected chi connectivity index (χ3v) is 3.15. The van der Waals surface area contributed by atoms with Crippen molar-refractivity contribution in [1.82, 2.24) is 0 Å². The fraction of sp³-hybridized carbons (Fsp3) is 0. The number of aromatic carboxylic acids is 1. The minimum Gasteiger partial charge on any atom is -0.478 e. The van der Waals surface area contributed by atoms with Gasteiger partial charge in [0.15, 0.2) is 0 Å². The van der Waals surface area contributed by atoms with Crippen LogP contribution in [0.1, 0.15) is 10.4 Å². The van der Waals surface area contributed by atoms with Crippen molar-refractivity contribution in [3.63, 3.8) is 0 Å². The Labute approximate surface area is 102 Å². The molecule has 2 rings (SSSR count). The van der Waals surface area contributed by atoms with Gasteiger partial charge in [0, 0.05) is 5.56 Å². The van der Waals surface area contributed by atoms with Gasteiger partial charge in [-0.3, -0.25) is 4.79 Å². The van der Waals surface area contributed by atoms with Crippen LogP contribution in [0.25, 0.3) is 11.1 Å². The second kappa shape index (κ2) is 4.80. The molecule has 0 saturated carbocycles. The van der Waals surface area contributed by atoms with Gasteiger partial charge in [-0.2, -0.15) is 0 Å². The summed E-state index contributed by atoms with van der Waals surface area (Å²) in [6, 6.07) is 8.50. The van der Waals surface area contributed by atoms with Gasteiger partial charge in [-0.15, -0.1) is 11.3 Å². The molecule has 0 fully saturated rings. The molecule has 2 aromatic rings. The molecule has 4 nitrogen and oxygen atoms in total. The lowest BCUT2D eigenvalue weighted by atomic mass is 10.0. The molecule has 0 unspecified atom stereocenters. The SMILES string of the molecule is O=CNc1sccc1-c1ccccc1C(=O)O. The highest BCUT2D eigenvalue weighted by Gasteiger charge is 2.14. The summed E-state index contributed by atoms with van der Waals surface area (Å²) in [6.45, 7) is 0. The Bertz CT molecular complexity index is 562. The number of anilines is 1. The van der Waals surface area contributed by atoms with Crippen LogP contribution >= 0.6 is 11.3 Å². The van der Waals surface area contributed by atoms with Gasteiger partial charge in [0.1, 0.15) is 5.00 Å². The number of benzene rings is 1. The smallest absolute Gasteiger partial charge is 0.336 e. The van der Waals surface area contributed by atoms with Crippen molar-refractivity contribution in [3.05, 3.63) is 41.3 Å². The molecule has 0 atom stereocenters. The van der Waals surface area contributed by atoms with Crippen LogP contribution in [0, 0.1) is 0 Å². The molecule has 0 aliphatic rings. The van der Waals surface area contributed by atoms with Crippen molar-refractivity contribution >= 4 is 28.7 Å². The number of hydrogen-bond acceptors (Lipinski definition) is 3. The van der Waals surface area contributed by atoms with Gasteiger partial charge in [-0.1, -0.05) is 18.2 Å². The van der Waals surface area contributed by atoms with Crippen LogP contribution in [0.4, 0.5) is 5.00 Å². The average Bonchev–Trinajstić information content (AvgIpc) is 2.77. The largest absolute Gasteiger partial charge is 0.478 e. The molecular weight excluding hydrogens is 238 g/mol. The molecule has 1 aromatic carbocycles. The first-order valence-corrected chi connectivity index (χ1v) is 5.72. The van der Waals surface area contributed by atoms with Gasteiger partial charge < -0.3 is 10.4 Å². The highest BCUT2D eigenvalue weighted by Crippen LogP contribution is 2.34. The van der Waals surface area contributed by atoms with Gasteiger partial charge in [-0.25, -0.2) is 4.79 Å². The van der Waals surface area contributed by atoms with Gasteiger partial charge in [0.2, 0.25) is 6.41 Å².